The minimum absolute atomic E-state index is 0.0438. The Kier molecular flexibility index (Phi) is 7.59. The second kappa shape index (κ2) is 9.79. The largest absolute Gasteiger partial charge is 0.471 e. The Balaban J connectivity index is 1.76. The van der Waals surface area contributed by atoms with Gasteiger partial charge >= 0.3 is 12.1 Å². The van der Waals surface area contributed by atoms with Crippen molar-refractivity contribution in [2.45, 2.75) is 78.2 Å². The van der Waals surface area contributed by atoms with E-state index in [0.29, 0.717) is 13.0 Å². The van der Waals surface area contributed by atoms with Gasteiger partial charge in [-0.05, 0) is 35.5 Å². The Hall–Kier alpha value is -2.86. The minimum atomic E-state index is -5.15. The van der Waals surface area contributed by atoms with E-state index in [1.54, 1.807) is 20.8 Å². The standard InChI is InChI=1S/C24H36F3N5O5/c1-22(2,3)17(31-21(37)24(25,26)27)20(36)32-10-12-16(23(12,4)5)14(32)9-15(33)30-13(18(28)34)8-11-6-7-29-19(11)35/h11-14,16-17H,6-10H2,1-5H3,(H2,28,34)(H,29,35)(H,30,33)(H,31,37)/t11-,12-,13-,14+,16-,17+/m0/s1. The van der Waals surface area contributed by atoms with Crippen LogP contribution in [0.1, 0.15) is 53.9 Å². The summed E-state index contributed by atoms with van der Waals surface area (Å²) in [6.07, 6.45) is -4.79. The zero-order valence-electron chi connectivity index (χ0n) is 21.7. The van der Waals surface area contributed by atoms with Crippen molar-refractivity contribution < 1.29 is 37.1 Å². The van der Waals surface area contributed by atoms with Gasteiger partial charge in [0.1, 0.15) is 12.1 Å². The van der Waals surface area contributed by atoms with Crippen LogP contribution in [0.3, 0.4) is 0 Å². The molecule has 1 aliphatic carbocycles. The molecule has 3 fully saturated rings. The molecule has 5 N–H and O–H groups in total. The summed E-state index contributed by atoms with van der Waals surface area (Å²) in [4.78, 5) is 63.5. The number of fused-ring (bicyclic) bond motifs is 1. The number of alkyl halides is 3. The summed E-state index contributed by atoms with van der Waals surface area (Å²) in [5.41, 5.74) is 4.24. The maximum Gasteiger partial charge on any atom is 0.471 e. The van der Waals surface area contributed by atoms with Gasteiger partial charge in [0.05, 0.1) is 0 Å². The molecule has 6 atom stereocenters. The van der Waals surface area contributed by atoms with E-state index in [1.807, 2.05) is 19.2 Å². The maximum absolute atomic E-state index is 13.5. The van der Waals surface area contributed by atoms with Crippen molar-refractivity contribution in [1.82, 2.24) is 20.9 Å². The highest BCUT2D eigenvalue weighted by Gasteiger charge is 2.68. The molecule has 3 rings (SSSR count). The molecule has 0 aromatic heterocycles. The Morgan fingerprint density at radius 3 is 2.27 bits per heavy atom. The van der Waals surface area contributed by atoms with E-state index in [1.165, 1.54) is 4.90 Å². The van der Waals surface area contributed by atoms with Gasteiger partial charge in [-0.1, -0.05) is 34.6 Å². The Bertz CT molecular complexity index is 977. The second-order valence-electron chi connectivity index (χ2n) is 12.0. The third-order valence-corrected chi connectivity index (χ3v) is 8.03. The highest BCUT2D eigenvalue weighted by molar-refractivity contribution is 5.92. The summed E-state index contributed by atoms with van der Waals surface area (Å²) in [6.45, 7) is 9.34. The molecule has 3 aliphatic rings. The molecule has 1 saturated carbocycles. The van der Waals surface area contributed by atoms with Crippen LogP contribution < -0.4 is 21.7 Å². The van der Waals surface area contributed by atoms with Gasteiger partial charge in [-0.15, -0.1) is 0 Å². The minimum Gasteiger partial charge on any atom is -0.368 e. The average Bonchev–Trinajstić information content (AvgIpc) is 3.06. The Labute approximate surface area is 213 Å². The number of likely N-dealkylation sites (tertiary alicyclic amines) is 1. The smallest absolute Gasteiger partial charge is 0.368 e. The number of nitrogens with one attached hydrogen (secondary N) is 3. The van der Waals surface area contributed by atoms with E-state index in [2.05, 4.69) is 10.6 Å². The quantitative estimate of drug-likeness (QED) is 0.359. The van der Waals surface area contributed by atoms with Gasteiger partial charge < -0.3 is 26.6 Å². The fraction of sp³-hybridized carbons (Fsp3) is 0.792. The normalized spacial score (nSPS) is 28.1. The van der Waals surface area contributed by atoms with Crippen molar-refractivity contribution in [3.8, 4) is 0 Å². The van der Waals surface area contributed by atoms with Gasteiger partial charge in [0.15, 0.2) is 0 Å². The average molecular weight is 532 g/mol. The van der Waals surface area contributed by atoms with E-state index in [-0.39, 0.29) is 42.5 Å². The van der Waals surface area contributed by atoms with Crippen LogP contribution in [0.4, 0.5) is 13.2 Å². The maximum atomic E-state index is 13.5. The molecule has 37 heavy (non-hydrogen) atoms. The number of piperidine rings is 1. The molecule has 0 radical (unpaired) electrons. The van der Waals surface area contributed by atoms with Crippen molar-refractivity contribution >= 4 is 29.5 Å². The molecule has 5 amide bonds. The zero-order valence-corrected chi connectivity index (χ0v) is 21.7. The van der Waals surface area contributed by atoms with Gasteiger partial charge in [-0.25, -0.2) is 0 Å². The number of carbonyl (C=O) groups is 5. The first-order valence-electron chi connectivity index (χ1n) is 12.4. The summed E-state index contributed by atoms with van der Waals surface area (Å²) in [7, 11) is 0. The molecule has 208 valence electrons. The van der Waals surface area contributed by atoms with Gasteiger partial charge in [0.25, 0.3) is 0 Å². The Morgan fingerprint density at radius 2 is 1.78 bits per heavy atom. The summed E-state index contributed by atoms with van der Waals surface area (Å²) < 4.78 is 38.9. The fourth-order valence-electron chi connectivity index (χ4n) is 5.80. The third-order valence-electron chi connectivity index (χ3n) is 8.03. The van der Waals surface area contributed by atoms with Crippen LogP contribution in [0.15, 0.2) is 0 Å². The molecule has 2 saturated heterocycles. The lowest BCUT2D eigenvalue weighted by molar-refractivity contribution is -0.176. The predicted octanol–water partition coefficient (Wildman–Crippen LogP) is 0.449. The third kappa shape index (κ3) is 6.01. The molecule has 10 nitrogen and oxygen atoms in total. The summed E-state index contributed by atoms with van der Waals surface area (Å²) in [5.74, 6) is -4.96. The lowest BCUT2D eigenvalue weighted by Gasteiger charge is -2.38. The lowest BCUT2D eigenvalue weighted by atomic mass is 9.85. The number of amides is 5. The fourth-order valence-corrected chi connectivity index (χ4v) is 5.80. The van der Waals surface area contributed by atoms with E-state index >= 15 is 0 Å². The predicted molar refractivity (Wildman–Crippen MR) is 125 cm³/mol. The summed E-state index contributed by atoms with van der Waals surface area (Å²) in [6, 6.07) is -3.18. The van der Waals surface area contributed by atoms with E-state index in [9.17, 15) is 37.1 Å². The number of hydrogen-bond donors (Lipinski definition) is 4. The number of rotatable bonds is 8. The number of hydrogen-bond acceptors (Lipinski definition) is 5. The van der Waals surface area contributed by atoms with E-state index in [4.69, 9.17) is 5.73 Å². The molecule has 0 unspecified atom stereocenters. The van der Waals surface area contributed by atoms with Crippen molar-refractivity contribution in [2.24, 2.45) is 34.3 Å². The molecular weight excluding hydrogens is 495 g/mol. The van der Waals surface area contributed by atoms with Crippen LogP contribution >= 0.6 is 0 Å². The lowest BCUT2D eigenvalue weighted by Crippen LogP contribution is -2.59. The first kappa shape index (κ1) is 28.7. The highest BCUT2D eigenvalue weighted by Crippen LogP contribution is 2.65. The number of carbonyl (C=O) groups excluding carboxylic acids is 5. The number of nitrogens with two attached hydrogens (primary N) is 1. The number of nitrogens with zero attached hydrogens (tertiary/aromatic N) is 1. The van der Waals surface area contributed by atoms with Crippen LogP contribution in [-0.4, -0.2) is 71.8 Å². The van der Waals surface area contributed by atoms with Gasteiger partial charge in [0.2, 0.25) is 23.6 Å². The highest BCUT2D eigenvalue weighted by atomic mass is 19.4. The van der Waals surface area contributed by atoms with E-state index < -0.39 is 59.3 Å². The second-order valence-corrected chi connectivity index (χ2v) is 12.0. The SMILES string of the molecule is CC(C)(C)[C@H](NC(=O)C(F)(F)F)C(=O)N1C[C@H]2[C@@H]([C@H]1CC(=O)N[C@@H](C[C@@H]1CCNC1=O)C(N)=O)C2(C)C. The van der Waals surface area contributed by atoms with Crippen molar-refractivity contribution in [2.75, 3.05) is 13.1 Å². The molecule has 2 aliphatic heterocycles. The van der Waals surface area contributed by atoms with Crippen LogP contribution in [-0.2, 0) is 24.0 Å². The van der Waals surface area contributed by atoms with Crippen LogP contribution in [0.5, 0.6) is 0 Å². The number of primary amides is 1. The van der Waals surface area contributed by atoms with Gasteiger partial charge in [-0.3, -0.25) is 24.0 Å². The molecule has 0 aromatic rings. The molecule has 13 heteroatoms. The zero-order chi connectivity index (χ0) is 28.1. The van der Waals surface area contributed by atoms with Gasteiger partial charge in [-0.2, -0.15) is 13.2 Å². The summed E-state index contributed by atoms with van der Waals surface area (Å²) >= 11 is 0. The molecule has 2 heterocycles. The molecule has 0 aromatic carbocycles. The van der Waals surface area contributed by atoms with E-state index in [0.717, 1.165) is 0 Å². The van der Waals surface area contributed by atoms with Crippen molar-refractivity contribution in [3.63, 3.8) is 0 Å². The van der Waals surface area contributed by atoms with Gasteiger partial charge in [0, 0.05) is 31.5 Å². The van der Waals surface area contributed by atoms with Crippen LogP contribution in [0, 0.1) is 28.6 Å². The van der Waals surface area contributed by atoms with Crippen LogP contribution in [0.2, 0.25) is 0 Å². The van der Waals surface area contributed by atoms with Crippen molar-refractivity contribution in [1.29, 1.82) is 0 Å². The van der Waals surface area contributed by atoms with Crippen molar-refractivity contribution in [3.05, 3.63) is 0 Å². The molecule has 0 bridgehead atoms. The van der Waals surface area contributed by atoms with Crippen LogP contribution in [0.25, 0.3) is 0 Å². The first-order valence-corrected chi connectivity index (χ1v) is 12.4. The summed E-state index contributed by atoms with van der Waals surface area (Å²) in [5, 5.41) is 7.07. The first-order chi connectivity index (χ1) is 16.9. The topological polar surface area (TPSA) is 151 Å². The molecule has 0 spiro atoms. The number of halogens is 3. The Morgan fingerprint density at radius 1 is 1.16 bits per heavy atom. The monoisotopic (exact) mass is 531 g/mol. The molecular formula is C24H36F3N5O5.